The number of hydrogen-bond acceptors (Lipinski definition) is 5. The van der Waals surface area contributed by atoms with E-state index < -0.39 is 9.84 Å². The molecule has 1 aromatic heterocycles. The first-order valence-electron chi connectivity index (χ1n) is 6.26. The number of nitrogens with zero attached hydrogens (tertiary/aromatic N) is 3. The van der Waals surface area contributed by atoms with Crippen LogP contribution in [-0.2, 0) is 22.9 Å². The summed E-state index contributed by atoms with van der Waals surface area (Å²) in [5.74, 6) is 0.886. The highest BCUT2D eigenvalue weighted by Gasteiger charge is 2.16. The predicted molar refractivity (Wildman–Crippen MR) is 70.9 cm³/mol. The highest BCUT2D eigenvalue weighted by molar-refractivity contribution is 7.91. The van der Waals surface area contributed by atoms with E-state index in [4.69, 9.17) is 0 Å². The lowest BCUT2D eigenvalue weighted by Gasteiger charge is -2.09. The van der Waals surface area contributed by atoms with E-state index >= 15 is 0 Å². The maximum atomic E-state index is 11.7. The number of nitrogens with one attached hydrogen (secondary N) is 1. The molecule has 0 aliphatic rings. The number of aromatic nitrogens is 3. The molecule has 0 aliphatic heterocycles. The van der Waals surface area contributed by atoms with Crippen LogP contribution in [0.3, 0.4) is 0 Å². The second-order valence-corrected chi connectivity index (χ2v) is 7.17. The Morgan fingerprint density at radius 1 is 1.44 bits per heavy atom. The Balaban J connectivity index is 2.55. The van der Waals surface area contributed by atoms with E-state index in [1.165, 1.54) is 6.33 Å². The molecule has 6 nitrogen and oxygen atoms in total. The van der Waals surface area contributed by atoms with Crippen molar-refractivity contribution in [1.29, 1.82) is 0 Å². The molecule has 0 saturated heterocycles. The molecule has 0 atom stereocenters. The topological polar surface area (TPSA) is 76.9 Å². The van der Waals surface area contributed by atoms with Gasteiger partial charge in [-0.25, -0.2) is 18.1 Å². The molecule has 1 heterocycles. The molecular weight excluding hydrogens is 252 g/mol. The summed E-state index contributed by atoms with van der Waals surface area (Å²) in [7, 11) is -3.03. The smallest absolute Gasteiger partial charge is 0.154 e. The van der Waals surface area contributed by atoms with E-state index in [0.29, 0.717) is 13.1 Å². The Morgan fingerprint density at radius 3 is 2.78 bits per heavy atom. The van der Waals surface area contributed by atoms with Crippen LogP contribution in [0, 0.1) is 0 Å². The fourth-order valence-electron chi connectivity index (χ4n) is 1.44. The van der Waals surface area contributed by atoms with Gasteiger partial charge in [0.15, 0.2) is 9.84 Å². The van der Waals surface area contributed by atoms with Crippen molar-refractivity contribution in [2.75, 3.05) is 12.3 Å². The minimum absolute atomic E-state index is 0.106. The minimum atomic E-state index is -3.03. The first kappa shape index (κ1) is 15.1. The number of rotatable bonds is 8. The Labute approximate surface area is 109 Å². The number of hydrogen-bond donors (Lipinski definition) is 1. The second kappa shape index (κ2) is 6.84. The fraction of sp³-hybridized carbons (Fsp3) is 0.818. The van der Waals surface area contributed by atoms with Gasteiger partial charge in [0.25, 0.3) is 0 Å². The maximum absolute atomic E-state index is 11.7. The molecule has 0 bridgehead atoms. The normalized spacial score (nSPS) is 12.2. The van der Waals surface area contributed by atoms with Crippen molar-refractivity contribution in [2.24, 2.45) is 0 Å². The van der Waals surface area contributed by atoms with Gasteiger partial charge in [-0.05, 0) is 26.8 Å². The summed E-state index contributed by atoms with van der Waals surface area (Å²) in [6.45, 7) is 7.38. The maximum Gasteiger partial charge on any atom is 0.154 e. The third kappa shape index (κ3) is 4.38. The van der Waals surface area contributed by atoms with Gasteiger partial charge in [0.1, 0.15) is 12.2 Å². The van der Waals surface area contributed by atoms with Crippen LogP contribution >= 0.6 is 0 Å². The van der Waals surface area contributed by atoms with Crippen molar-refractivity contribution in [3.05, 3.63) is 12.2 Å². The number of sulfone groups is 1. The Morgan fingerprint density at radius 2 is 2.17 bits per heavy atom. The third-order valence-electron chi connectivity index (χ3n) is 2.71. The van der Waals surface area contributed by atoms with Crippen LogP contribution in [0.5, 0.6) is 0 Å². The zero-order chi connectivity index (χ0) is 13.6. The highest BCUT2D eigenvalue weighted by Crippen LogP contribution is 2.03. The van der Waals surface area contributed by atoms with Crippen molar-refractivity contribution in [3.63, 3.8) is 0 Å². The van der Waals surface area contributed by atoms with E-state index in [-0.39, 0.29) is 11.0 Å². The van der Waals surface area contributed by atoms with E-state index in [1.807, 2.05) is 0 Å². The monoisotopic (exact) mass is 274 g/mol. The molecule has 0 unspecified atom stereocenters. The summed E-state index contributed by atoms with van der Waals surface area (Å²) >= 11 is 0. The number of aryl methyl sites for hydroxylation is 1. The van der Waals surface area contributed by atoms with Crippen LogP contribution in [0.4, 0.5) is 0 Å². The van der Waals surface area contributed by atoms with Gasteiger partial charge in [-0.15, -0.1) is 0 Å². The zero-order valence-electron chi connectivity index (χ0n) is 11.3. The summed E-state index contributed by atoms with van der Waals surface area (Å²) in [4.78, 5) is 4.13. The summed E-state index contributed by atoms with van der Waals surface area (Å²) in [6, 6.07) is 0. The third-order valence-corrected chi connectivity index (χ3v) is 4.90. The summed E-state index contributed by atoms with van der Waals surface area (Å²) < 4.78 is 25.1. The summed E-state index contributed by atoms with van der Waals surface area (Å²) in [5, 5.41) is 6.94. The molecule has 0 aliphatic carbocycles. The lowest BCUT2D eigenvalue weighted by Crippen LogP contribution is -2.24. The van der Waals surface area contributed by atoms with Crippen molar-refractivity contribution >= 4 is 9.84 Å². The lowest BCUT2D eigenvalue weighted by atomic mass is 10.4. The molecular formula is C11H22N4O2S. The van der Waals surface area contributed by atoms with Crippen molar-refractivity contribution in [3.8, 4) is 0 Å². The fourth-order valence-corrected chi connectivity index (χ4v) is 2.34. The highest BCUT2D eigenvalue weighted by atomic mass is 32.2. The van der Waals surface area contributed by atoms with Crippen LogP contribution in [-0.4, -0.2) is 40.7 Å². The van der Waals surface area contributed by atoms with E-state index in [9.17, 15) is 8.42 Å². The van der Waals surface area contributed by atoms with Gasteiger partial charge in [0.05, 0.1) is 24.1 Å². The molecule has 1 aromatic rings. The van der Waals surface area contributed by atoms with Gasteiger partial charge in [-0.2, -0.15) is 5.10 Å². The second-order valence-electron chi connectivity index (χ2n) is 4.49. The average molecular weight is 274 g/mol. The predicted octanol–water partition coefficient (Wildman–Crippen LogP) is 0.601. The van der Waals surface area contributed by atoms with Gasteiger partial charge < -0.3 is 5.32 Å². The molecule has 104 valence electrons. The molecule has 0 radical (unpaired) electrons. The van der Waals surface area contributed by atoms with Crippen LogP contribution in [0.15, 0.2) is 6.33 Å². The van der Waals surface area contributed by atoms with E-state index in [2.05, 4.69) is 22.3 Å². The van der Waals surface area contributed by atoms with Crippen LogP contribution in [0.2, 0.25) is 0 Å². The van der Waals surface area contributed by atoms with Crippen molar-refractivity contribution < 1.29 is 8.42 Å². The van der Waals surface area contributed by atoms with Gasteiger partial charge >= 0.3 is 0 Å². The van der Waals surface area contributed by atoms with Crippen molar-refractivity contribution in [1.82, 2.24) is 20.1 Å². The van der Waals surface area contributed by atoms with Crippen LogP contribution in [0.25, 0.3) is 0 Å². The molecule has 0 aromatic carbocycles. The SMILES string of the molecule is CCCNCc1ncnn1CCS(=O)(=O)C(C)C. The zero-order valence-corrected chi connectivity index (χ0v) is 12.1. The molecule has 1 rings (SSSR count). The van der Waals surface area contributed by atoms with Crippen molar-refractivity contribution in [2.45, 2.75) is 45.5 Å². The average Bonchev–Trinajstić information content (AvgIpc) is 2.74. The van der Waals surface area contributed by atoms with Gasteiger partial charge in [-0.1, -0.05) is 6.92 Å². The molecule has 18 heavy (non-hydrogen) atoms. The standard InChI is InChI=1S/C11H22N4O2S/c1-4-5-12-8-11-13-9-14-15(11)6-7-18(16,17)10(2)3/h9-10,12H,4-8H2,1-3H3. The first-order valence-corrected chi connectivity index (χ1v) is 7.98. The molecule has 0 spiro atoms. The molecule has 0 amide bonds. The summed E-state index contributed by atoms with van der Waals surface area (Å²) in [6.07, 6.45) is 2.51. The minimum Gasteiger partial charge on any atom is -0.310 e. The van der Waals surface area contributed by atoms with Gasteiger partial charge in [-0.3, -0.25) is 0 Å². The van der Waals surface area contributed by atoms with Gasteiger partial charge in [0, 0.05) is 0 Å². The van der Waals surface area contributed by atoms with E-state index in [1.54, 1.807) is 18.5 Å². The quantitative estimate of drug-likeness (QED) is 0.703. The molecule has 0 saturated carbocycles. The van der Waals surface area contributed by atoms with E-state index in [0.717, 1.165) is 18.8 Å². The van der Waals surface area contributed by atoms with Gasteiger partial charge in [0.2, 0.25) is 0 Å². The lowest BCUT2D eigenvalue weighted by molar-refractivity contribution is 0.551. The Bertz CT molecular complexity index is 453. The van der Waals surface area contributed by atoms with Crippen LogP contribution in [0.1, 0.15) is 33.0 Å². The van der Waals surface area contributed by atoms with Crippen LogP contribution < -0.4 is 5.32 Å². The molecule has 7 heteroatoms. The largest absolute Gasteiger partial charge is 0.310 e. The summed E-state index contributed by atoms with van der Waals surface area (Å²) in [5.41, 5.74) is 0. The Kier molecular flexibility index (Phi) is 5.74. The Hall–Kier alpha value is -0.950. The molecule has 1 N–H and O–H groups in total. The first-order chi connectivity index (χ1) is 8.47. The molecule has 0 fully saturated rings.